The Kier molecular flexibility index (Phi) is 3.06. The van der Waals surface area contributed by atoms with Crippen molar-refractivity contribution in [3.05, 3.63) is 0 Å². The van der Waals surface area contributed by atoms with Gasteiger partial charge in [0.2, 0.25) is 5.91 Å². The monoisotopic (exact) mass is 275 g/mol. The number of morpholine rings is 1. The third-order valence-electron chi connectivity index (χ3n) is 2.21. The minimum absolute atomic E-state index is 0.326. The molecule has 0 amide bonds. The van der Waals surface area contributed by atoms with Crippen molar-refractivity contribution in [2.75, 3.05) is 0 Å². The summed E-state index contributed by atoms with van der Waals surface area (Å²) in [7, 11) is 0. The van der Waals surface area contributed by atoms with Crippen LogP contribution in [-0.4, -0.2) is 85.6 Å². The number of rotatable bonds is 1. The maximum Gasteiger partial charge on any atom is 0.356 e. The van der Waals surface area contributed by atoms with Crippen LogP contribution in [0, 0.1) is 0 Å². The summed E-state index contributed by atoms with van der Waals surface area (Å²) < 4.78 is 3.48. The topological polar surface area (TPSA) is 215 Å². The highest BCUT2D eigenvalue weighted by Crippen LogP contribution is 2.43. The average Bonchev–Trinajstić information content (AvgIpc) is 1.93. The van der Waals surface area contributed by atoms with Crippen molar-refractivity contribution in [1.29, 1.82) is 0 Å². The third-order valence-corrected chi connectivity index (χ3v) is 2.21. The Morgan fingerprint density at radius 2 is 1.06 bits per heavy atom. The third kappa shape index (κ3) is 1.90. The molecule has 0 unspecified atom stereocenters. The minimum atomic E-state index is -4.23. The summed E-state index contributed by atoms with van der Waals surface area (Å²) in [6.07, 6.45) is 0. The molecule has 1 rings (SSSR count). The van der Waals surface area contributed by atoms with Gasteiger partial charge in [-0.3, -0.25) is 4.74 Å². The summed E-state index contributed by atoms with van der Waals surface area (Å²) in [5.41, 5.74) is 0. The molecule has 0 aliphatic carbocycles. The molecule has 12 nitrogen and oxygen atoms in total. The summed E-state index contributed by atoms with van der Waals surface area (Å²) >= 11 is 0. The van der Waals surface area contributed by atoms with Gasteiger partial charge in [-0.15, -0.1) is 4.90 Å². The van der Waals surface area contributed by atoms with Gasteiger partial charge in [-0.05, 0) is 0 Å². The molecule has 1 heterocycles. The lowest BCUT2D eigenvalue weighted by Crippen LogP contribution is -2.87. The van der Waals surface area contributed by atoms with E-state index >= 15 is 0 Å². The van der Waals surface area contributed by atoms with Crippen LogP contribution in [-0.2, 0) is 4.74 Å². The van der Waals surface area contributed by atoms with E-state index in [2.05, 4.69) is 4.74 Å². The van der Waals surface area contributed by atoms with Crippen LogP contribution in [0.15, 0.2) is 0 Å². The molecule has 0 radical (unpaired) electrons. The Balaban J connectivity index is 3.48. The molecule has 0 aromatic heterocycles. The van der Waals surface area contributed by atoms with Crippen LogP contribution < -0.4 is 0 Å². The highest BCUT2D eigenvalue weighted by Gasteiger charge is 2.77. The normalized spacial score (nSPS) is 30.2. The van der Waals surface area contributed by atoms with Crippen LogP contribution in [0.5, 0.6) is 0 Å². The van der Waals surface area contributed by atoms with Gasteiger partial charge in [-0.2, -0.15) is 0 Å². The summed E-state index contributed by atoms with van der Waals surface area (Å²) in [4.78, 5) is -1.03. The highest BCUT2D eigenvalue weighted by atomic mass is 16.9. The van der Waals surface area contributed by atoms with E-state index in [4.69, 9.17) is 30.6 Å². The molecule has 1 saturated heterocycles. The second kappa shape index (κ2) is 3.54. The molecular formula is C6H13NO11. The zero-order chi connectivity index (χ0) is 14.8. The summed E-state index contributed by atoms with van der Waals surface area (Å²) in [5.74, 6) is -20.4. The van der Waals surface area contributed by atoms with Crippen molar-refractivity contribution in [3.8, 4) is 0 Å². The Morgan fingerprint density at radius 3 is 1.28 bits per heavy atom. The van der Waals surface area contributed by atoms with E-state index in [1.54, 1.807) is 0 Å². The predicted octanol–water partition coefficient (Wildman–Crippen LogP) is -6.47. The molecule has 1 aliphatic rings. The van der Waals surface area contributed by atoms with E-state index < -0.39 is 34.6 Å². The Hall–Kier alpha value is -0.480. The number of hydrogen-bond donors (Lipinski definition) is 10. The first-order chi connectivity index (χ1) is 7.57. The summed E-state index contributed by atoms with van der Waals surface area (Å²) in [5, 5.41) is 91.4. The molecule has 0 spiro atoms. The summed E-state index contributed by atoms with van der Waals surface area (Å²) in [6, 6.07) is 0. The van der Waals surface area contributed by atoms with E-state index in [0.29, 0.717) is 6.92 Å². The molecule has 0 bridgehead atoms. The van der Waals surface area contributed by atoms with Gasteiger partial charge in [0, 0.05) is 6.92 Å². The van der Waals surface area contributed by atoms with Gasteiger partial charge in [0.05, 0.1) is 0 Å². The quantitative estimate of drug-likeness (QED) is 0.202. The Bertz CT molecular complexity index is 316. The largest absolute Gasteiger partial charge is 0.356 e. The second-order valence-electron chi connectivity index (χ2n) is 3.90. The van der Waals surface area contributed by atoms with Crippen LogP contribution in [0.2, 0.25) is 0 Å². The summed E-state index contributed by atoms with van der Waals surface area (Å²) in [6.45, 7) is 0.326. The molecular weight excluding hydrogens is 262 g/mol. The number of aliphatic hydroxyl groups is 10. The predicted molar refractivity (Wildman–Crippen MR) is 44.4 cm³/mol. The van der Waals surface area contributed by atoms with Gasteiger partial charge in [0.25, 0.3) is 0 Å². The van der Waals surface area contributed by atoms with Crippen LogP contribution in [0.4, 0.5) is 0 Å². The highest BCUT2D eigenvalue weighted by molar-refractivity contribution is 4.93. The van der Waals surface area contributed by atoms with Crippen LogP contribution in [0.1, 0.15) is 6.92 Å². The number of nitrogens with zero attached hydrogens (tertiary/aromatic N) is 1. The molecule has 10 N–H and O–H groups in total. The molecule has 18 heavy (non-hydrogen) atoms. The molecule has 12 heteroatoms. The first kappa shape index (κ1) is 15.6. The van der Waals surface area contributed by atoms with Crippen LogP contribution >= 0.6 is 0 Å². The number of ether oxygens (including phenoxy) is 1. The van der Waals surface area contributed by atoms with Gasteiger partial charge >= 0.3 is 23.8 Å². The van der Waals surface area contributed by atoms with Gasteiger partial charge in [-0.1, -0.05) is 0 Å². The molecule has 0 aromatic carbocycles. The zero-order valence-electron chi connectivity index (χ0n) is 8.83. The number of hydrogen-bond acceptors (Lipinski definition) is 12. The SMILES string of the molecule is CC(O)(O)N1C(O)(O)C(O)(O)OC(O)(O)C1(O)O. The lowest BCUT2D eigenvalue weighted by molar-refractivity contribution is -0.678. The zero-order valence-corrected chi connectivity index (χ0v) is 8.83. The van der Waals surface area contributed by atoms with Crippen molar-refractivity contribution in [3.63, 3.8) is 0 Å². The van der Waals surface area contributed by atoms with E-state index in [-0.39, 0.29) is 0 Å². The molecule has 0 atom stereocenters. The fourth-order valence-electron chi connectivity index (χ4n) is 1.43. The first-order valence-electron chi connectivity index (χ1n) is 4.32. The van der Waals surface area contributed by atoms with E-state index in [9.17, 15) is 20.4 Å². The van der Waals surface area contributed by atoms with Crippen molar-refractivity contribution < 1.29 is 55.8 Å². The molecule has 1 fully saturated rings. The molecule has 1 aliphatic heterocycles. The van der Waals surface area contributed by atoms with Crippen LogP contribution in [0.3, 0.4) is 0 Å². The lowest BCUT2D eigenvalue weighted by Gasteiger charge is -2.57. The molecule has 108 valence electrons. The van der Waals surface area contributed by atoms with E-state index in [1.807, 2.05) is 0 Å². The van der Waals surface area contributed by atoms with Gasteiger partial charge in [0.15, 0.2) is 0 Å². The van der Waals surface area contributed by atoms with E-state index in [0.717, 1.165) is 0 Å². The molecule has 0 aromatic rings. The van der Waals surface area contributed by atoms with Gasteiger partial charge in [0.1, 0.15) is 0 Å². The van der Waals surface area contributed by atoms with Crippen molar-refractivity contribution in [2.24, 2.45) is 0 Å². The van der Waals surface area contributed by atoms with Crippen molar-refractivity contribution in [2.45, 2.75) is 36.6 Å². The Labute approximate surface area is 98.4 Å². The molecule has 0 saturated carbocycles. The first-order valence-corrected chi connectivity index (χ1v) is 4.32. The fourth-order valence-corrected chi connectivity index (χ4v) is 1.43. The minimum Gasteiger partial charge on any atom is -0.353 e. The van der Waals surface area contributed by atoms with Crippen LogP contribution in [0.25, 0.3) is 0 Å². The maximum absolute atomic E-state index is 9.26. The van der Waals surface area contributed by atoms with Crippen molar-refractivity contribution in [1.82, 2.24) is 4.90 Å². The average molecular weight is 275 g/mol. The fraction of sp³-hybridized carbons (Fsp3) is 1.00. The Morgan fingerprint density at radius 1 is 0.778 bits per heavy atom. The van der Waals surface area contributed by atoms with E-state index in [1.165, 1.54) is 0 Å². The second-order valence-corrected chi connectivity index (χ2v) is 3.90. The standard InChI is InChI=1S/C6H13NO11/c1-2(8,9)7-3(10,11)5(14,15)18-6(16,17)4(7,12)13/h8-17H,1H3. The van der Waals surface area contributed by atoms with Crippen molar-refractivity contribution >= 4 is 0 Å². The maximum atomic E-state index is 9.26. The van der Waals surface area contributed by atoms with Gasteiger partial charge < -0.3 is 51.1 Å². The van der Waals surface area contributed by atoms with Gasteiger partial charge in [-0.25, -0.2) is 0 Å². The smallest absolute Gasteiger partial charge is 0.353 e. The lowest BCUT2D eigenvalue weighted by atomic mass is 10.1.